The molecule has 1 aliphatic heterocycles. The highest BCUT2D eigenvalue weighted by Gasteiger charge is 2.24. The van der Waals surface area contributed by atoms with Crippen LogP contribution in [0, 0.1) is 0 Å². The van der Waals surface area contributed by atoms with Crippen LogP contribution in [-0.2, 0) is 0 Å². The Morgan fingerprint density at radius 2 is 2.05 bits per heavy atom. The molecule has 1 aromatic heterocycles. The Morgan fingerprint density at radius 3 is 2.55 bits per heavy atom. The van der Waals surface area contributed by atoms with Crippen LogP contribution in [0.15, 0.2) is 0 Å². The van der Waals surface area contributed by atoms with E-state index in [2.05, 4.69) is 27.1 Å². The molecule has 1 aliphatic rings. The van der Waals surface area contributed by atoms with E-state index in [4.69, 9.17) is 5.84 Å². The normalized spacial score (nSPS) is 16.8. The summed E-state index contributed by atoms with van der Waals surface area (Å²) in [6.45, 7) is 11.4. The Morgan fingerprint density at radius 1 is 1.40 bits per heavy atom. The molecule has 1 amide bonds. The van der Waals surface area contributed by atoms with Crippen LogP contribution >= 0.6 is 11.3 Å². The summed E-state index contributed by atoms with van der Waals surface area (Å²) in [7, 11) is 0. The maximum atomic E-state index is 11.8. The van der Waals surface area contributed by atoms with Crippen molar-refractivity contribution in [3.05, 3.63) is 10.6 Å². The number of amides is 1. The highest BCUT2D eigenvalue weighted by atomic mass is 32.1. The van der Waals surface area contributed by atoms with Gasteiger partial charge in [0.25, 0.3) is 5.91 Å². The highest BCUT2D eigenvalue weighted by Crippen LogP contribution is 2.31. The molecule has 7 heteroatoms. The van der Waals surface area contributed by atoms with Crippen LogP contribution in [-0.4, -0.2) is 48.5 Å². The summed E-state index contributed by atoms with van der Waals surface area (Å²) in [6.07, 6.45) is 0. The van der Waals surface area contributed by atoms with E-state index >= 15 is 0 Å². The topological polar surface area (TPSA) is 74.5 Å². The van der Waals surface area contributed by atoms with E-state index < -0.39 is 0 Å². The fourth-order valence-electron chi connectivity index (χ4n) is 2.33. The van der Waals surface area contributed by atoms with Crippen molar-refractivity contribution < 1.29 is 4.79 Å². The second-order valence-electron chi connectivity index (χ2n) is 5.26. The molecule has 2 heterocycles. The number of likely N-dealkylation sites (N-methyl/N-ethyl adjacent to an activating group) is 1. The lowest BCUT2D eigenvalue weighted by molar-refractivity contribution is 0.0956. The summed E-state index contributed by atoms with van der Waals surface area (Å²) in [5.74, 6) is 5.22. The molecular formula is C13H23N5OS. The quantitative estimate of drug-likeness (QED) is 0.493. The molecule has 1 aromatic rings. The number of carbonyl (C=O) groups is 1. The van der Waals surface area contributed by atoms with E-state index in [0.717, 1.165) is 43.5 Å². The third-order valence-electron chi connectivity index (χ3n) is 3.62. The first kappa shape index (κ1) is 15.2. The first-order valence-electron chi connectivity index (χ1n) is 7.05. The first-order chi connectivity index (χ1) is 9.56. The van der Waals surface area contributed by atoms with Crippen molar-refractivity contribution in [2.75, 3.05) is 37.6 Å². The van der Waals surface area contributed by atoms with E-state index in [0.29, 0.717) is 4.88 Å². The number of aromatic nitrogens is 1. The van der Waals surface area contributed by atoms with Crippen molar-refractivity contribution >= 4 is 22.4 Å². The molecule has 0 saturated carbocycles. The maximum Gasteiger partial charge on any atom is 0.277 e. The Kier molecular flexibility index (Phi) is 4.95. The number of nitrogens with one attached hydrogen (secondary N) is 1. The predicted molar refractivity (Wildman–Crippen MR) is 82.2 cm³/mol. The number of piperazine rings is 1. The highest BCUT2D eigenvalue weighted by molar-refractivity contribution is 7.17. The summed E-state index contributed by atoms with van der Waals surface area (Å²) in [5, 5.41) is 0.933. The molecule has 0 radical (unpaired) electrons. The van der Waals surface area contributed by atoms with Gasteiger partial charge >= 0.3 is 0 Å². The molecule has 20 heavy (non-hydrogen) atoms. The van der Waals surface area contributed by atoms with Gasteiger partial charge in [-0.3, -0.25) is 10.2 Å². The zero-order valence-electron chi connectivity index (χ0n) is 12.3. The van der Waals surface area contributed by atoms with Crippen LogP contribution in [0.3, 0.4) is 0 Å². The minimum absolute atomic E-state index is 0.212. The third kappa shape index (κ3) is 3.11. The molecule has 0 unspecified atom stereocenters. The molecule has 0 atom stereocenters. The molecule has 0 spiro atoms. The predicted octanol–water partition coefficient (Wildman–Crippen LogP) is 1.01. The number of nitrogen functional groups attached to an aromatic ring is 1. The number of thiazole rings is 1. The van der Waals surface area contributed by atoms with Crippen molar-refractivity contribution in [1.29, 1.82) is 0 Å². The van der Waals surface area contributed by atoms with Crippen LogP contribution in [0.25, 0.3) is 0 Å². The largest absolute Gasteiger partial charge is 0.346 e. The summed E-state index contributed by atoms with van der Waals surface area (Å²) < 4.78 is 0. The van der Waals surface area contributed by atoms with Gasteiger partial charge in [-0.1, -0.05) is 32.1 Å². The van der Waals surface area contributed by atoms with Gasteiger partial charge in [-0.25, -0.2) is 10.8 Å². The molecule has 2 rings (SSSR count). The number of hydrogen-bond acceptors (Lipinski definition) is 6. The summed E-state index contributed by atoms with van der Waals surface area (Å²) in [6, 6.07) is 0. The summed E-state index contributed by atoms with van der Waals surface area (Å²) in [5.41, 5.74) is 3.05. The van der Waals surface area contributed by atoms with Gasteiger partial charge in [0.1, 0.15) is 4.88 Å². The van der Waals surface area contributed by atoms with Crippen molar-refractivity contribution in [2.24, 2.45) is 5.84 Å². The van der Waals surface area contributed by atoms with E-state index in [-0.39, 0.29) is 11.8 Å². The number of nitrogens with zero attached hydrogens (tertiary/aromatic N) is 3. The summed E-state index contributed by atoms with van der Waals surface area (Å²) >= 11 is 1.44. The molecule has 6 nitrogen and oxygen atoms in total. The zero-order valence-corrected chi connectivity index (χ0v) is 13.2. The van der Waals surface area contributed by atoms with Gasteiger partial charge in [-0.05, 0) is 12.5 Å². The third-order valence-corrected chi connectivity index (χ3v) is 4.75. The second-order valence-corrected chi connectivity index (χ2v) is 6.24. The standard InChI is InChI=1S/C13H23N5OS/c1-4-17-5-7-18(8-6-17)13-15-10(9(2)3)11(20-13)12(19)16-14/h9H,4-8,14H2,1-3H3,(H,16,19). The molecular weight excluding hydrogens is 274 g/mol. The fraction of sp³-hybridized carbons (Fsp3) is 0.692. The number of nitrogens with two attached hydrogens (primary N) is 1. The molecule has 3 N–H and O–H groups in total. The fourth-order valence-corrected chi connectivity index (χ4v) is 3.51. The summed E-state index contributed by atoms with van der Waals surface area (Å²) in [4.78, 5) is 21.8. The van der Waals surface area contributed by atoms with Gasteiger partial charge in [0, 0.05) is 26.2 Å². The Hall–Kier alpha value is -1.18. The maximum absolute atomic E-state index is 11.8. The van der Waals surface area contributed by atoms with Crippen molar-refractivity contribution in [3.63, 3.8) is 0 Å². The molecule has 1 fully saturated rings. The van der Waals surface area contributed by atoms with Crippen molar-refractivity contribution in [1.82, 2.24) is 15.3 Å². The van der Waals surface area contributed by atoms with Crippen molar-refractivity contribution in [2.45, 2.75) is 26.7 Å². The Balaban J connectivity index is 2.19. The van der Waals surface area contributed by atoms with E-state index in [1.54, 1.807) is 0 Å². The monoisotopic (exact) mass is 297 g/mol. The van der Waals surface area contributed by atoms with Gasteiger partial charge < -0.3 is 9.80 Å². The van der Waals surface area contributed by atoms with Crippen molar-refractivity contribution in [3.8, 4) is 0 Å². The van der Waals surface area contributed by atoms with E-state index in [9.17, 15) is 4.79 Å². The average Bonchev–Trinajstić information content (AvgIpc) is 2.92. The number of rotatable bonds is 4. The lowest BCUT2D eigenvalue weighted by Gasteiger charge is -2.33. The minimum atomic E-state index is -0.246. The number of hydrazine groups is 1. The average molecular weight is 297 g/mol. The Bertz CT molecular complexity index is 465. The lowest BCUT2D eigenvalue weighted by atomic mass is 10.1. The van der Waals surface area contributed by atoms with Crippen LogP contribution < -0.4 is 16.2 Å². The van der Waals surface area contributed by atoms with Crippen LogP contribution in [0.4, 0.5) is 5.13 Å². The van der Waals surface area contributed by atoms with Gasteiger partial charge in [0.2, 0.25) is 0 Å². The first-order valence-corrected chi connectivity index (χ1v) is 7.87. The number of anilines is 1. The lowest BCUT2D eigenvalue weighted by Crippen LogP contribution is -2.46. The molecule has 0 bridgehead atoms. The molecule has 1 saturated heterocycles. The minimum Gasteiger partial charge on any atom is -0.346 e. The van der Waals surface area contributed by atoms with E-state index in [1.165, 1.54) is 11.3 Å². The SMILES string of the molecule is CCN1CCN(c2nc(C(C)C)c(C(=O)NN)s2)CC1. The molecule has 112 valence electrons. The number of hydrogen-bond donors (Lipinski definition) is 2. The molecule has 0 aromatic carbocycles. The second kappa shape index (κ2) is 6.51. The van der Waals surface area contributed by atoms with E-state index in [1.807, 2.05) is 13.8 Å². The van der Waals surface area contributed by atoms with Gasteiger partial charge in [0.05, 0.1) is 5.69 Å². The van der Waals surface area contributed by atoms with Crippen LogP contribution in [0.2, 0.25) is 0 Å². The molecule has 0 aliphatic carbocycles. The van der Waals surface area contributed by atoms with Gasteiger partial charge in [0.15, 0.2) is 5.13 Å². The Labute approximate surface area is 123 Å². The van der Waals surface area contributed by atoms with Crippen LogP contribution in [0.5, 0.6) is 0 Å². The smallest absolute Gasteiger partial charge is 0.277 e. The zero-order chi connectivity index (χ0) is 14.7. The van der Waals surface area contributed by atoms with Gasteiger partial charge in [-0.15, -0.1) is 0 Å². The number of carbonyl (C=O) groups excluding carboxylic acids is 1. The van der Waals surface area contributed by atoms with Crippen LogP contribution in [0.1, 0.15) is 42.1 Å². The van der Waals surface area contributed by atoms with Gasteiger partial charge in [-0.2, -0.15) is 0 Å².